The first-order valence-electron chi connectivity index (χ1n) is 6.53. The Hall–Kier alpha value is -1.51. The Kier molecular flexibility index (Phi) is 2.75. The number of fused-ring (bicyclic) bond motifs is 1. The van der Waals surface area contributed by atoms with E-state index in [-0.39, 0.29) is 0 Å². The summed E-state index contributed by atoms with van der Waals surface area (Å²) in [6.07, 6.45) is 7.37. The first-order chi connectivity index (χ1) is 8.31. The summed E-state index contributed by atoms with van der Waals surface area (Å²) in [4.78, 5) is 4.45. The molecule has 2 aliphatic rings. The summed E-state index contributed by atoms with van der Waals surface area (Å²) in [6.45, 7) is 0. The molecule has 0 aromatic heterocycles. The van der Waals surface area contributed by atoms with Crippen LogP contribution in [-0.2, 0) is 12.8 Å². The summed E-state index contributed by atoms with van der Waals surface area (Å²) in [6, 6.07) is 6.98. The zero-order valence-corrected chi connectivity index (χ0v) is 10.1. The third-order valence-corrected chi connectivity index (χ3v) is 3.77. The molecule has 2 aliphatic carbocycles. The van der Waals surface area contributed by atoms with Gasteiger partial charge in [-0.2, -0.15) is 0 Å². The number of nitrogens with zero attached hydrogens (tertiary/aromatic N) is 1. The molecular weight excluding hydrogens is 210 g/mol. The molecule has 3 heteroatoms. The van der Waals surface area contributed by atoms with Crippen molar-refractivity contribution in [2.75, 3.05) is 5.32 Å². The number of aryl methyl sites for hydroxylation is 2. The van der Waals surface area contributed by atoms with Crippen LogP contribution >= 0.6 is 0 Å². The largest absolute Gasteiger partial charge is 0.370 e. The highest BCUT2D eigenvalue weighted by atomic mass is 15.1. The van der Waals surface area contributed by atoms with Crippen LogP contribution in [0.1, 0.15) is 36.8 Å². The Morgan fingerprint density at radius 2 is 2.00 bits per heavy atom. The van der Waals surface area contributed by atoms with Crippen LogP contribution < -0.4 is 11.1 Å². The fraction of sp³-hybridized carbons (Fsp3) is 0.500. The van der Waals surface area contributed by atoms with E-state index in [1.54, 1.807) is 0 Å². The minimum absolute atomic E-state index is 0.455. The van der Waals surface area contributed by atoms with E-state index in [9.17, 15) is 0 Å². The molecule has 0 aliphatic heterocycles. The van der Waals surface area contributed by atoms with E-state index >= 15 is 0 Å². The van der Waals surface area contributed by atoms with Crippen LogP contribution in [0, 0.1) is 0 Å². The number of benzene rings is 1. The van der Waals surface area contributed by atoms with Gasteiger partial charge in [0.2, 0.25) is 0 Å². The van der Waals surface area contributed by atoms with E-state index < -0.39 is 0 Å². The van der Waals surface area contributed by atoms with Crippen molar-refractivity contribution >= 4 is 11.6 Å². The normalized spacial score (nSPS) is 19.9. The molecule has 0 amide bonds. The monoisotopic (exact) mass is 229 g/mol. The van der Waals surface area contributed by atoms with Gasteiger partial charge in [0.1, 0.15) is 0 Å². The second kappa shape index (κ2) is 4.40. The minimum atomic E-state index is 0.455. The van der Waals surface area contributed by atoms with Gasteiger partial charge in [-0.15, -0.1) is 0 Å². The maximum absolute atomic E-state index is 5.90. The Morgan fingerprint density at radius 1 is 1.18 bits per heavy atom. The van der Waals surface area contributed by atoms with Gasteiger partial charge in [0.25, 0.3) is 0 Å². The van der Waals surface area contributed by atoms with Crippen molar-refractivity contribution in [2.45, 2.75) is 44.6 Å². The van der Waals surface area contributed by atoms with E-state index in [0.29, 0.717) is 12.0 Å². The van der Waals surface area contributed by atoms with E-state index in [4.69, 9.17) is 5.73 Å². The molecule has 1 fully saturated rings. The van der Waals surface area contributed by atoms with Crippen LogP contribution in [0.3, 0.4) is 0 Å². The van der Waals surface area contributed by atoms with Crippen molar-refractivity contribution in [3.8, 4) is 0 Å². The zero-order chi connectivity index (χ0) is 11.7. The summed E-state index contributed by atoms with van der Waals surface area (Å²) >= 11 is 0. The van der Waals surface area contributed by atoms with Crippen LogP contribution in [0.25, 0.3) is 0 Å². The molecule has 0 unspecified atom stereocenters. The van der Waals surface area contributed by atoms with Crippen LogP contribution in [0.4, 0.5) is 5.69 Å². The second-order valence-corrected chi connectivity index (χ2v) is 5.06. The third-order valence-electron chi connectivity index (χ3n) is 3.77. The molecule has 0 spiro atoms. The van der Waals surface area contributed by atoms with Crippen LogP contribution in [0.15, 0.2) is 23.2 Å². The lowest BCUT2D eigenvalue weighted by molar-refractivity contribution is 0.420. The summed E-state index contributed by atoms with van der Waals surface area (Å²) in [7, 11) is 0. The van der Waals surface area contributed by atoms with Crippen molar-refractivity contribution in [1.29, 1.82) is 0 Å². The van der Waals surface area contributed by atoms with E-state index in [1.807, 2.05) is 0 Å². The maximum Gasteiger partial charge on any atom is 0.193 e. The molecule has 0 bridgehead atoms. The number of rotatable bonds is 2. The smallest absolute Gasteiger partial charge is 0.193 e. The van der Waals surface area contributed by atoms with Gasteiger partial charge in [-0.05, 0) is 61.8 Å². The average molecular weight is 229 g/mol. The lowest BCUT2D eigenvalue weighted by Gasteiger charge is -2.21. The molecule has 1 saturated carbocycles. The molecule has 0 heterocycles. The first kappa shape index (κ1) is 10.6. The molecule has 90 valence electrons. The number of hydrogen-bond donors (Lipinski definition) is 2. The van der Waals surface area contributed by atoms with Gasteiger partial charge >= 0.3 is 0 Å². The van der Waals surface area contributed by atoms with Crippen LogP contribution in [-0.4, -0.2) is 12.0 Å². The summed E-state index contributed by atoms with van der Waals surface area (Å²) in [5, 5.41) is 3.20. The van der Waals surface area contributed by atoms with E-state index in [1.165, 1.54) is 49.7 Å². The van der Waals surface area contributed by atoms with Crippen molar-refractivity contribution in [3.05, 3.63) is 29.3 Å². The minimum Gasteiger partial charge on any atom is -0.370 e. The summed E-state index contributed by atoms with van der Waals surface area (Å²) in [5.74, 6) is 0.563. The summed E-state index contributed by atoms with van der Waals surface area (Å²) in [5.41, 5.74) is 9.93. The average Bonchev–Trinajstić information content (AvgIpc) is 2.71. The standard InChI is InChI=1S/C14H19N3/c15-14(16-12-5-2-6-12)17-13-8-7-10-3-1-4-11(10)9-13/h7-9,12H,1-6H2,(H3,15,16,17). The fourth-order valence-corrected chi connectivity index (χ4v) is 2.54. The fourth-order valence-electron chi connectivity index (χ4n) is 2.54. The number of aliphatic imine (C=N–C) groups is 1. The summed E-state index contributed by atoms with van der Waals surface area (Å²) < 4.78 is 0. The number of nitrogens with two attached hydrogens (primary N) is 1. The lowest BCUT2D eigenvalue weighted by Crippen LogP contribution is -2.27. The second-order valence-electron chi connectivity index (χ2n) is 5.06. The Labute approximate surface area is 102 Å². The SMILES string of the molecule is NC(=NC1CCC1)Nc1ccc2c(c1)CCC2. The Morgan fingerprint density at radius 3 is 2.76 bits per heavy atom. The van der Waals surface area contributed by atoms with Gasteiger partial charge < -0.3 is 11.1 Å². The molecule has 0 saturated heterocycles. The Balaban J connectivity index is 1.70. The number of anilines is 1. The highest BCUT2D eigenvalue weighted by Crippen LogP contribution is 2.25. The zero-order valence-electron chi connectivity index (χ0n) is 10.1. The number of nitrogens with one attached hydrogen (secondary N) is 1. The molecule has 17 heavy (non-hydrogen) atoms. The van der Waals surface area contributed by atoms with Gasteiger partial charge in [0.05, 0.1) is 6.04 Å². The van der Waals surface area contributed by atoms with Crippen molar-refractivity contribution < 1.29 is 0 Å². The molecule has 3 nitrogen and oxygen atoms in total. The molecule has 0 atom stereocenters. The van der Waals surface area contributed by atoms with Gasteiger partial charge in [-0.1, -0.05) is 6.07 Å². The maximum atomic E-state index is 5.90. The molecular formula is C14H19N3. The Bertz CT molecular complexity index is 447. The van der Waals surface area contributed by atoms with Gasteiger partial charge in [0.15, 0.2) is 5.96 Å². The van der Waals surface area contributed by atoms with Crippen molar-refractivity contribution in [3.63, 3.8) is 0 Å². The van der Waals surface area contributed by atoms with Crippen LogP contribution in [0.5, 0.6) is 0 Å². The first-order valence-corrected chi connectivity index (χ1v) is 6.53. The highest BCUT2D eigenvalue weighted by Gasteiger charge is 2.16. The molecule has 3 N–H and O–H groups in total. The predicted molar refractivity (Wildman–Crippen MR) is 71.4 cm³/mol. The van der Waals surface area contributed by atoms with Gasteiger partial charge in [-0.3, -0.25) is 0 Å². The molecule has 3 rings (SSSR count). The predicted octanol–water partition coefficient (Wildman–Crippen LogP) is 2.45. The molecule has 1 aromatic rings. The quantitative estimate of drug-likeness (QED) is 0.604. The highest BCUT2D eigenvalue weighted by molar-refractivity contribution is 5.92. The van der Waals surface area contributed by atoms with Gasteiger partial charge in [0, 0.05) is 5.69 Å². The van der Waals surface area contributed by atoms with Crippen molar-refractivity contribution in [2.24, 2.45) is 10.7 Å². The lowest BCUT2D eigenvalue weighted by atomic mass is 9.94. The van der Waals surface area contributed by atoms with Crippen LogP contribution in [0.2, 0.25) is 0 Å². The van der Waals surface area contributed by atoms with Crippen molar-refractivity contribution in [1.82, 2.24) is 0 Å². The van der Waals surface area contributed by atoms with Gasteiger partial charge in [-0.25, -0.2) is 4.99 Å². The molecule has 0 radical (unpaired) electrons. The molecule has 1 aromatic carbocycles. The topological polar surface area (TPSA) is 50.4 Å². The van der Waals surface area contributed by atoms with E-state index in [0.717, 1.165) is 5.69 Å². The third kappa shape index (κ3) is 2.28. The number of guanidine groups is 1. The van der Waals surface area contributed by atoms with E-state index in [2.05, 4.69) is 28.5 Å². The number of hydrogen-bond acceptors (Lipinski definition) is 1.